The summed E-state index contributed by atoms with van der Waals surface area (Å²) >= 11 is 0. The van der Waals surface area contributed by atoms with Gasteiger partial charge in [-0.15, -0.1) is 0 Å². The second kappa shape index (κ2) is 5.29. The van der Waals surface area contributed by atoms with Crippen LogP contribution in [0.3, 0.4) is 0 Å². The number of ether oxygens (including phenoxy) is 1. The zero-order valence-corrected chi connectivity index (χ0v) is 15.0. The number of fused-ring (bicyclic) bond motifs is 2. The predicted molar refractivity (Wildman–Crippen MR) is 100 cm³/mol. The van der Waals surface area contributed by atoms with Crippen LogP contribution in [0.25, 0.3) is 6.08 Å². The van der Waals surface area contributed by atoms with Crippen molar-refractivity contribution in [3.05, 3.63) is 73.8 Å². The van der Waals surface area contributed by atoms with Crippen molar-refractivity contribution in [2.45, 2.75) is 25.0 Å². The van der Waals surface area contributed by atoms with Crippen molar-refractivity contribution in [3.8, 4) is 5.75 Å². The van der Waals surface area contributed by atoms with Crippen LogP contribution in [-0.4, -0.2) is 22.6 Å². The third-order valence-electron chi connectivity index (χ3n) is 5.57. The van der Waals surface area contributed by atoms with Crippen LogP contribution in [0.4, 0.5) is 17.1 Å². The molecule has 2 heterocycles. The number of hydrogen-bond acceptors (Lipinski definition) is 6. The lowest BCUT2D eigenvalue weighted by atomic mass is 9.76. The molecule has 0 aliphatic carbocycles. The quantitative estimate of drug-likeness (QED) is 0.587. The van der Waals surface area contributed by atoms with Gasteiger partial charge in [-0.1, -0.05) is 18.2 Å². The fraction of sp³-hybridized carbons (Fsp3) is 0.263. The molecule has 4 rings (SSSR count). The van der Waals surface area contributed by atoms with E-state index in [1.54, 1.807) is 6.08 Å². The molecule has 138 valence electrons. The lowest BCUT2D eigenvalue weighted by molar-refractivity contribution is -0.395. The zero-order valence-electron chi connectivity index (χ0n) is 15.0. The van der Waals surface area contributed by atoms with Gasteiger partial charge in [0.2, 0.25) is 11.5 Å². The number of likely N-dealkylation sites (N-methyl/N-ethyl adjacent to an activating group) is 1. The summed E-state index contributed by atoms with van der Waals surface area (Å²) in [6, 6.07) is 10.1. The zero-order chi connectivity index (χ0) is 19.6. The molecule has 0 amide bonds. The molecular formula is C19H17N3O5. The first-order valence-electron chi connectivity index (χ1n) is 8.37. The van der Waals surface area contributed by atoms with Crippen LogP contribution in [0.1, 0.15) is 25.0 Å². The molecule has 0 N–H and O–H groups in total. The molecule has 2 aliphatic rings. The van der Waals surface area contributed by atoms with Crippen LogP contribution in [-0.2, 0) is 5.41 Å². The Morgan fingerprint density at radius 2 is 1.78 bits per heavy atom. The fourth-order valence-corrected chi connectivity index (χ4v) is 4.09. The standard InChI is InChI=1S/C19H17N3O5/c1-18(2)14-6-4-5-7-15(14)20(3)19(18)9-8-12-10-13(21(23)24)11-16(22(25)26)17(12)27-19/h4-11H,1-3H3. The third-order valence-corrected chi connectivity index (χ3v) is 5.57. The van der Waals surface area contributed by atoms with E-state index in [1.165, 1.54) is 6.07 Å². The monoisotopic (exact) mass is 367 g/mol. The largest absolute Gasteiger partial charge is 0.456 e. The van der Waals surface area contributed by atoms with Crippen LogP contribution in [0.15, 0.2) is 42.5 Å². The van der Waals surface area contributed by atoms with Crippen molar-refractivity contribution in [2.75, 3.05) is 11.9 Å². The van der Waals surface area contributed by atoms with Crippen LogP contribution < -0.4 is 9.64 Å². The minimum atomic E-state index is -0.982. The SMILES string of the molecule is CN1c2ccccc2C(C)(C)C12C=Cc1cc([N+](=O)[O-])cc([N+](=O)[O-])c1O2. The van der Waals surface area contributed by atoms with Gasteiger partial charge in [0.05, 0.1) is 21.3 Å². The smallest absolute Gasteiger partial charge is 0.318 e. The van der Waals surface area contributed by atoms with E-state index in [4.69, 9.17) is 4.74 Å². The van der Waals surface area contributed by atoms with Gasteiger partial charge in [0.15, 0.2) is 0 Å². The third kappa shape index (κ3) is 2.09. The van der Waals surface area contributed by atoms with Crippen LogP contribution in [0, 0.1) is 20.2 Å². The van der Waals surface area contributed by atoms with E-state index in [1.807, 2.05) is 56.1 Å². The molecule has 2 aromatic carbocycles. The number of para-hydroxylation sites is 1. The Hall–Kier alpha value is -3.42. The van der Waals surface area contributed by atoms with Crippen molar-refractivity contribution in [1.29, 1.82) is 0 Å². The molecule has 0 bridgehead atoms. The van der Waals surface area contributed by atoms with Crippen molar-refractivity contribution < 1.29 is 14.6 Å². The number of nitrogens with zero attached hydrogens (tertiary/aromatic N) is 3. The van der Waals surface area contributed by atoms with E-state index in [0.29, 0.717) is 5.56 Å². The molecule has 8 heteroatoms. The first kappa shape index (κ1) is 17.0. The van der Waals surface area contributed by atoms with Crippen LogP contribution in [0.5, 0.6) is 5.75 Å². The topological polar surface area (TPSA) is 98.8 Å². The van der Waals surface area contributed by atoms with Crippen molar-refractivity contribution in [1.82, 2.24) is 0 Å². The van der Waals surface area contributed by atoms with Crippen LogP contribution in [0.2, 0.25) is 0 Å². The maximum Gasteiger partial charge on any atom is 0.318 e. The van der Waals surface area contributed by atoms with Gasteiger partial charge in [-0.05, 0) is 37.6 Å². The Morgan fingerprint density at radius 3 is 2.41 bits per heavy atom. The van der Waals surface area contributed by atoms with Crippen molar-refractivity contribution in [2.24, 2.45) is 0 Å². The molecule has 0 fully saturated rings. The molecule has 27 heavy (non-hydrogen) atoms. The summed E-state index contributed by atoms with van der Waals surface area (Å²) in [5.41, 5.74) is 0.106. The summed E-state index contributed by atoms with van der Waals surface area (Å²) in [6.45, 7) is 4.03. The predicted octanol–water partition coefficient (Wildman–Crippen LogP) is 4.03. The molecule has 0 radical (unpaired) electrons. The van der Waals surface area contributed by atoms with Gasteiger partial charge in [0, 0.05) is 24.4 Å². The molecule has 2 aromatic rings. The summed E-state index contributed by atoms with van der Waals surface area (Å²) in [5, 5.41) is 22.7. The average Bonchev–Trinajstić information content (AvgIpc) is 2.80. The van der Waals surface area contributed by atoms with E-state index < -0.39 is 26.7 Å². The molecule has 1 spiro atoms. The van der Waals surface area contributed by atoms with E-state index in [-0.39, 0.29) is 11.4 Å². The fourth-order valence-electron chi connectivity index (χ4n) is 4.09. The lowest BCUT2D eigenvalue weighted by Gasteiger charge is -2.45. The van der Waals surface area contributed by atoms with Gasteiger partial charge in [-0.3, -0.25) is 20.2 Å². The highest BCUT2D eigenvalue weighted by Gasteiger charge is 2.58. The number of hydrogen-bond donors (Lipinski definition) is 0. The number of rotatable bonds is 2. The molecule has 0 aromatic heterocycles. The van der Waals surface area contributed by atoms with Crippen molar-refractivity contribution in [3.63, 3.8) is 0 Å². The maximum atomic E-state index is 11.6. The van der Waals surface area contributed by atoms with Crippen LogP contribution >= 0.6 is 0 Å². The highest BCUT2D eigenvalue weighted by molar-refractivity contribution is 5.76. The Morgan fingerprint density at radius 1 is 1.07 bits per heavy atom. The molecule has 0 saturated carbocycles. The van der Waals surface area contributed by atoms with Gasteiger partial charge < -0.3 is 9.64 Å². The first-order valence-corrected chi connectivity index (χ1v) is 8.37. The molecule has 2 aliphatic heterocycles. The minimum absolute atomic E-state index is 0.0424. The average molecular weight is 367 g/mol. The molecule has 0 saturated heterocycles. The van der Waals surface area contributed by atoms with E-state index in [2.05, 4.69) is 0 Å². The van der Waals surface area contributed by atoms with Gasteiger partial charge in [0.25, 0.3) is 5.69 Å². The number of non-ortho nitro benzene ring substituents is 1. The van der Waals surface area contributed by atoms with Gasteiger partial charge in [0.1, 0.15) is 0 Å². The number of benzene rings is 2. The van der Waals surface area contributed by atoms with E-state index in [0.717, 1.165) is 17.3 Å². The summed E-state index contributed by atoms with van der Waals surface area (Å²) in [4.78, 5) is 23.4. The first-order chi connectivity index (χ1) is 12.7. The number of anilines is 1. The molecular weight excluding hydrogens is 350 g/mol. The molecule has 1 atom stereocenters. The van der Waals surface area contributed by atoms with Gasteiger partial charge in [-0.25, -0.2) is 0 Å². The molecule has 8 nitrogen and oxygen atoms in total. The summed E-state index contributed by atoms with van der Waals surface area (Å²) < 4.78 is 6.29. The maximum absolute atomic E-state index is 11.6. The highest BCUT2D eigenvalue weighted by Crippen LogP contribution is 2.55. The van der Waals surface area contributed by atoms with Gasteiger partial charge in [-0.2, -0.15) is 0 Å². The van der Waals surface area contributed by atoms with Gasteiger partial charge >= 0.3 is 5.69 Å². The summed E-state index contributed by atoms with van der Waals surface area (Å²) in [6.07, 6.45) is 3.49. The van der Waals surface area contributed by atoms with E-state index >= 15 is 0 Å². The normalized spacial score (nSPS) is 21.5. The summed E-state index contributed by atoms with van der Waals surface area (Å²) in [7, 11) is 1.88. The number of nitro benzene ring substituents is 2. The molecule has 1 unspecified atom stereocenters. The minimum Gasteiger partial charge on any atom is -0.456 e. The Balaban J connectivity index is 1.93. The summed E-state index contributed by atoms with van der Waals surface area (Å²) in [5.74, 6) is 0.0424. The Kier molecular flexibility index (Phi) is 3.33. The Labute approximate surface area is 155 Å². The van der Waals surface area contributed by atoms with E-state index in [9.17, 15) is 20.2 Å². The lowest BCUT2D eigenvalue weighted by Crippen LogP contribution is -2.58. The second-order valence-corrected chi connectivity index (χ2v) is 7.23. The van der Waals surface area contributed by atoms with Crippen molar-refractivity contribution >= 4 is 23.1 Å². The highest BCUT2D eigenvalue weighted by atomic mass is 16.6. The second-order valence-electron chi connectivity index (χ2n) is 7.23. The number of nitro groups is 2. The Bertz CT molecular complexity index is 1030.